The Morgan fingerprint density at radius 3 is 2.58 bits per heavy atom. The van der Waals surface area contributed by atoms with Crippen molar-refractivity contribution in [1.82, 2.24) is 9.97 Å². The average Bonchev–Trinajstić information content (AvgIpc) is 2.82. The van der Waals surface area contributed by atoms with Crippen molar-refractivity contribution >= 4 is 16.7 Å². The fourth-order valence-electron chi connectivity index (χ4n) is 1.91. The third kappa shape index (κ3) is 1.93. The van der Waals surface area contributed by atoms with Gasteiger partial charge in [0.15, 0.2) is 5.52 Å². The normalized spacial score (nSPS) is 10.8. The van der Waals surface area contributed by atoms with Crippen LogP contribution in [0.5, 0.6) is 0 Å². The van der Waals surface area contributed by atoms with Crippen LogP contribution in [0.1, 0.15) is 0 Å². The van der Waals surface area contributed by atoms with Gasteiger partial charge in [0, 0.05) is 11.6 Å². The van der Waals surface area contributed by atoms with Gasteiger partial charge in [-0.3, -0.25) is 10.1 Å². The zero-order chi connectivity index (χ0) is 13.4. The lowest BCUT2D eigenvalue weighted by molar-refractivity contribution is -0.383. The molecule has 0 fully saturated rings. The molecule has 0 spiro atoms. The number of aromatic amines is 1. The number of benzene rings is 2. The van der Waals surface area contributed by atoms with Gasteiger partial charge < -0.3 is 4.98 Å². The first-order valence-electron chi connectivity index (χ1n) is 5.54. The number of aromatic nitrogens is 2. The van der Waals surface area contributed by atoms with Crippen molar-refractivity contribution in [2.45, 2.75) is 0 Å². The van der Waals surface area contributed by atoms with Gasteiger partial charge in [-0.15, -0.1) is 0 Å². The number of rotatable bonds is 2. The third-order valence-corrected chi connectivity index (χ3v) is 2.81. The van der Waals surface area contributed by atoms with E-state index in [1.54, 1.807) is 24.3 Å². The summed E-state index contributed by atoms with van der Waals surface area (Å²) in [4.78, 5) is 17.6. The molecular weight excluding hydrogens is 249 g/mol. The van der Waals surface area contributed by atoms with Crippen LogP contribution < -0.4 is 0 Å². The van der Waals surface area contributed by atoms with E-state index in [-0.39, 0.29) is 11.5 Å². The molecule has 0 saturated heterocycles. The number of H-pyrrole nitrogens is 1. The van der Waals surface area contributed by atoms with Crippen LogP contribution in [0, 0.1) is 15.9 Å². The van der Waals surface area contributed by atoms with Gasteiger partial charge in [-0.25, -0.2) is 9.37 Å². The molecule has 19 heavy (non-hydrogen) atoms. The molecule has 2 aromatic carbocycles. The topological polar surface area (TPSA) is 71.8 Å². The third-order valence-electron chi connectivity index (χ3n) is 2.81. The Morgan fingerprint density at radius 2 is 1.89 bits per heavy atom. The second-order valence-corrected chi connectivity index (χ2v) is 4.02. The van der Waals surface area contributed by atoms with E-state index < -0.39 is 4.92 Å². The van der Waals surface area contributed by atoms with Crippen LogP contribution in [0.2, 0.25) is 0 Å². The minimum atomic E-state index is -0.475. The first-order valence-corrected chi connectivity index (χ1v) is 5.54. The van der Waals surface area contributed by atoms with Crippen LogP contribution in [0.3, 0.4) is 0 Å². The van der Waals surface area contributed by atoms with E-state index in [1.165, 1.54) is 18.2 Å². The Labute approximate surface area is 106 Å². The fourth-order valence-corrected chi connectivity index (χ4v) is 1.91. The molecule has 3 rings (SSSR count). The summed E-state index contributed by atoms with van der Waals surface area (Å²) in [6.45, 7) is 0. The predicted octanol–water partition coefficient (Wildman–Crippen LogP) is 3.28. The van der Waals surface area contributed by atoms with Crippen molar-refractivity contribution in [3.8, 4) is 11.4 Å². The van der Waals surface area contributed by atoms with E-state index in [1.807, 2.05) is 0 Å². The average molecular weight is 257 g/mol. The number of fused-ring (bicyclic) bond motifs is 1. The van der Waals surface area contributed by atoms with E-state index in [4.69, 9.17) is 0 Å². The molecule has 0 atom stereocenters. The van der Waals surface area contributed by atoms with E-state index >= 15 is 0 Å². The van der Waals surface area contributed by atoms with Gasteiger partial charge in [0.1, 0.15) is 11.6 Å². The molecule has 1 N–H and O–H groups in total. The summed E-state index contributed by atoms with van der Waals surface area (Å²) in [5.74, 6) is 0.134. The van der Waals surface area contributed by atoms with Gasteiger partial charge in [0.25, 0.3) is 5.69 Å². The molecule has 0 saturated carbocycles. The predicted molar refractivity (Wildman–Crippen MR) is 68.1 cm³/mol. The fraction of sp³-hybridized carbons (Fsp3) is 0. The minimum absolute atomic E-state index is 0.0536. The first-order chi connectivity index (χ1) is 9.15. The molecule has 94 valence electrons. The lowest BCUT2D eigenvalue weighted by atomic mass is 10.2. The summed E-state index contributed by atoms with van der Waals surface area (Å²) in [5, 5.41) is 10.9. The number of halogens is 1. The molecule has 1 heterocycles. The molecule has 0 radical (unpaired) electrons. The highest BCUT2D eigenvalue weighted by Gasteiger charge is 2.15. The van der Waals surface area contributed by atoms with E-state index in [2.05, 4.69) is 9.97 Å². The Kier molecular flexibility index (Phi) is 2.49. The highest BCUT2D eigenvalue weighted by Crippen LogP contribution is 2.26. The summed E-state index contributed by atoms with van der Waals surface area (Å²) in [7, 11) is 0. The molecule has 0 aliphatic rings. The van der Waals surface area contributed by atoms with Crippen LogP contribution in [0.15, 0.2) is 42.5 Å². The van der Waals surface area contributed by atoms with Crippen molar-refractivity contribution in [3.05, 3.63) is 58.4 Å². The van der Waals surface area contributed by atoms with Gasteiger partial charge in [0.2, 0.25) is 0 Å². The first kappa shape index (κ1) is 11.3. The molecule has 3 aromatic rings. The molecule has 1 aromatic heterocycles. The zero-order valence-corrected chi connectivity index (χ0v) is 9.63. The lowest BCUT2D eigenvalue weighted by Gasteiger charge is -1.94. The van der Waals surface area contributed by atoms with Crippen LogP contribution in [0.4, 0.5) is 10.1 Å². The number of non-ortho nitro benzene ring substituents is 1. The molecule has 0 aliphatic carbocycles. The van der Waals surface area contributed by atoms with E-state index in [0.29, 0.717) is 22.4 Å². The summed E-state index contributed by atoms with van der Waals surface area (Å²) in [6.07, 6.45) is 0. The van der Waals surface area contributed by atoms with Crippen molar-refractivity contribution in [2.24, 2.45) is 0 Å². The molecule has 5 nitrogen and oxygen atoms in total. The molecular formula is C13H8FN3O2. The van der Waals surface area contributed by atoms with Gasteiger partial charge in [-0.05, 0) is 30.3 Å². The maximum atomic E-state index is 12.9. The number of nitrogens with one attached hydrogen (secondary N) is 1. The number of nitro benzene ring substituents is 1. The smallest absolute Gasteiger partial charge is 0.297 e. The minimum Gasteiger partial charge on any atom is -0.338 e. The number of nitrogens with zero attached hydrogens (tertiary/aromatic N) is 2. The molecule has 0 amide bonds. The van der Waals surface area contributed by atoms with Gasteiger partial charge in [0.05, 0.1) is 10.4 Å². The van der Waals surface area contributed by atoms with Gasteiger partial charge >= 0.3 is 0 Å². The number of imidazole rings is 1. The Morgan fingerprint density at radius 1 is 1.16 bits per heavy atom. The summed E-state index contributed by atoms with van der Waals surface area (Å²) >= 11 is 0. The molecule has 0 unspecified atom stereocenters. The van der Waals surface area contributed by atoms with Crippen LogP contribution >= 0.6 is 0 Å². The van der Waals surface area contributed by atoms with Gasteiger partial charge in [-0.1, -0.05) is 6.07 Å². The quantitative estimate of drug-likeness (QED) is 0.565. The van der Waals surface area contributed by atoms with E-state index in [0.717, 1.165) is 0 Å². The van der Waals surface area contributed by atoms with Crippen molar-refractivity contribution in [2.75, 3.05) is 0 Å². The SMILES string of the molecule is O=[N+]([O-])c1cccc2[nH]c(-c3ccc(F)cc3)nc12. The highest BCUT2D eigenvalue weighted by molar-refractivity contribution is 5.87. The largest absolute Gasteiger partial charge is 0.338 e. The second-order valence-electron chi connectivity index (χ2n) is 4.02. The monoisotopic (exact) mass is 257 g/mol. The summed E-state index contributed by atoms with van der Waals surface area (Å²) < 4.78 is 12.9. The van der Waals surface area contributed by atoms with Crippen molar-refractivity contribution in [1.29, 1.82) is 0 Å². The number of hydrogen-bond donors (Lipinski definition) is 1. The van der Waals surface area contributed by atoms with E-state index in [9.17, 15) is 14.5 Å². The zero-order valence-electron chi connectivity index (χ0n) is 9.63. The standard InChI is InChI=1S/C13H8FN3O2/c14-9-6-4-8(5-7-9)13-15-10-2-1-3-11(17(18)19)12(10)16-13/h1-7H,(H,15,16). The Balaban J connectivity index is 2.19. The van der Waals surface area contributed by atoms with Crippen LogP contribution in [-0.2, 0) is 0 Å². The maximum absolute atomic E-state index is 12.9. The highest BCUT2D eigenvalue weighted by atomic mass is 19.1. The van der Waals surface area contributed by atoms with Gasteiger partial charge in [-0.2, -0.15) is 0 Å². The molecule has 0 bridgehead atoms. The maximum Gasteiger partial charge on any atom is 0.297 e. The molecule has 0 aliphatic heterocycles. The molecule has 6 heteroatoms. The second kappa shape index (κ2) is 4.16. The lowest BCUT2D eigenvalue weighted by Crippen LogP contribution is -1.88. The van der Waals surface area contributed by atoms with Crippen LogP contribution in [0.25, 0.3) is 22.4 Å². The Hall–Kier alpha value is -2.76. The number of nitro groups is 1. The van der Waals surface area contributed by atoms with Crippen molar-refractivity contribution < 1.29 is 9.31 Å². The summed E-state index contributed by atoms with van der Waals surface area (Å²) in [5.41, 5.74) is 1.49. The summed E-state index contributed by atoms with van der Waals surface area (Å²) in [6, 6.07) is 10.5. The van der Waals surface area contributed by atoms with Crippen molar-refractivity contribution in [3.63, 3.8) is 0 Å². The number of hydrogen-bond acceptors (Lipinski definition) is 3. The number of para-hydroxylation sites is 1. The van der Waals surface area contributed by atoms with Crippen LogP contribution in [-0.4, -0.2) is 14.9 Å². The Bertz CT molecular complexity index is 765.